The van der Waals surface area contributed by atoms with Gasteiger partial charge >= 0.3 is 5.97 Å². The Morgan fingerprint density at radius 2 is 2.32 bits per heavy atom. The second-order valence-corrected chi connectivity index (χ2v) is 5.25. The summed E-state index contributed by atoms with van der Waals surface area (Å²) in [5.74, 6) is -0.381. The Morgan fingerprint density at radius 3 is 2.95 bits per heavy atom. The van der Waals surface area contributed by atoms with Crippen molar-refractivity contribution in [2.24, 2.45) is 0 Å². The van der Waals surface area contributed by atoms with Crippen LogP contribution >= 0.6 is 22.9 Å². The maximum absolute atomic E-state index is 11.5. The summed E-state index contributed by atoms with van der Waals surface area (Å²) in [5.41, 5.74) is 3.98. The van der Waals surface area contributed by atoms with Crippen LogP contribution in [-0.2, 0) is 11.3 Å². The van der Waals surface area contributed by atoms with Crippen LogP contribution in [0.15, 0.2) is 23.7 Å². The first kappa shape index (κ1) is 13.8. The number of carbonyl (C=O) groups excluding carboxylic acids is 1. The Labute approximate surface area is 120 Å². The van der Waals surface area contributed by atoms with Gasteiger partial charge in [0.2, 0.25) is 0 Å². The van der Waals surface area contributed by atoms with Crippen LogP contribution in [0, 0.1) is 6.92 Å². The number of aryl methyl sites for hydroxylation is 1. The van der Waals surface area contributed by atoms with Crippen LogP contribution in [0.5, 0.6) is 0 Å². The minimum Gasteiger partial charge on any atom is -0.465 e. The Hall–Kier alpha value is -1.59. The Kier molecular flexibility index (Phi) is 4.39. The summed E-state index contributed by atoms with van der Waals surface area (Å²) in [4.78, 5) is 16.8. The number of thiazole rings is 1. The quantitative estimate of drug-likeness (QED) is 0.877. The van der Waals surface area contributed by atoms with Crippen molar-refractivity contribution in [3.8, 4) is 0 Å². The third-order valence-electron chi connectivity index (χ3n) is 2.67. The number of esters is 1. The molecule has 2 rings (SSSR count). The zero-order valence-corrected chi connectivity index (χ0v) is 12.1. The zero-order chi connectivity index (χ0) is 13.8. The second-order valence-electron chi connectivity index (χ2n) is 3.90. The van der Waals surface area contributed by atoms with Gasteiger partial charge in [0.1, 0.15) is 0 Å². The predicted octanol–water partition coefficient (Wildman–Crippen LogP) is 3.50. The van der Waals surface area contributed by atoms with Gasteiger partial charge in [-0.05, 0) is 25.1 Å². The first-order chi connectivity index (χ1) is 9.11. The lowest BCUT2D eigenvalue weighted by molar-refractivity contribution is 0.0601. The number of nitrogens with one attached hydrogen (secondary N) is 1. The van der Waals surface area contributed by atoms with E-state index in [-0.39, 0.29) is 5.97 Å². The molecule has 0 bridgehead atoms. The average Bonchev–Trinajstić information content (AvgIpc) is 2.82. The standard InChI is InChI=1S/C13H13ClN2O2S/c1-8-12(19-7-16-8)6-15-11-5-9(13(17)18-2)3-4-10(11)14/h3-5,7,15H,6H2,1-2H3. The van der Waals surface area contributed by atoms with Crippen LogP contribution in [0.25, 0.3) is 0 Å². The fourth-order valence-electron chi connectivity index (χ4n) is 1.58. The number of carbonyl (C=O) groups is 1. The third-order valence-corrected chi connectivity index (χ3v) is 3.94. The normalized spacial score (nSPS) is 10.3. The van der Waals surface area contributed by atoms with Crippen molar-refractivity contribution in [3.63, 3.8) is 0 Å². The van der Waals surface area contributed by atoms with Crippen LogP contribution in [0.3, 0.4) is 0 Å². The molecule has 0 aliphatic rings. The van der Waals surface area contributed by atoms with Gasteiger partial charge in [0.05, 0.1) is 41.1 Å². The number of halogens is 1. The number of anilines is 1. The molecule has 1 aromatic carbocycles. The van der Waals surface area contributed by atoms with Crippen LogP contribution in [0.4, 0.5) is 5.69 Å². The van der Waals surface area contributed by atoms with Crippen molar-refractivity contribution in [3.05, 3.63) is 44.9 Å². The number of benzene rings is 1. The van der Waals surface area contributed by atoms with Crippen molar-refractivity contribution in [2.45, 2.75) is 13.5 Å². The van der Waals surface area contributed by atoms with Crippen molar-refractivity contribution in [1.82, 2.24) is 4.98 Å². The monoisotopic (exact) mass is 296 g/mol. The molecule has 100 valence electrons. The van der Waals surface area contributed by atoms with Crippen LogP contribution in [0.1, 0.15) is 20.9 Å². The van der Waals surface area contributed by atoms with Gasteiger partial charge in [0.15, 0.2) is 0 Å². The van der Waals surface area contributed by atoms with Crippen molar-refractivity contribution in [1.29, 1.82) is 0 Å². The molecule has 0 unspecified atom stereocenters. The number of hydrogen-bond acceptors (Lipinski definition) is 5. The molecule has 0 saturated heterocycles. The van der Waals surface area contributed by atoms with E-state index in [2.05, 4.69) is 15.0 Å². The molecule has 1 heterocycles. The summed E-state index contributed by atoms with van der Waals surface area (Å²) in [6, 6.07) is 5.00. The van der Waals surface area contributed by atoms with Crippen molar-refractivity contribution >= 4 is 34.6 Å². The lowest BCUT2D eigenvalue weighted by Gasteiger charge is -2.09. The number of hydrogen-bond donors (Lipinski definition) is 1. The molecule has 1 aromatic heterocycles. The molecule has 0 aliphatic heterocycles. The van der Waals surface area contributed by atoms with Gasteiger partial charge in [-0.25, -0.2) is 9.78 Å². The SMILES string of the molecule is COC(=O)c1ccc(Cl)c(NCc2scnc2C)c1. The first-order valence-electron chi connectivity index (χ1n) is 5.62. The van der Waals surface area contributed by atoms with E-state index in [1.807, 2.05) is 6.92 Å². The molecule has 6 heteroatoms. The molecule has 0 atom stereocenters. The number of ether oxygens (including phenoxy) is 1. The van der Waals surface area contributed by atoms with Crippen molar-refractivity contribution in [2.75, 3.05) is 12.4 Å². The molecule has 19 heavy (non-hydrogen) atoms. The zero-order valence-electron chi connectivity index (χ0n) is 10.6. The molecule has 2 aromatic rings. The molecule has 0 spiro atoms. The lowest BCUT2D eigenvalue weighted by Crippen LogP contribution is -2.04. The summed E-state index contributed by atoms with van der Waals surface area (Å²) in [7, 11) is 1.35. The molecule has 0 fully saturated rings. The molecular formula is C13H13ClN2O2S. The highest BCUT2D eigenvalue weighted by atomic mass is 35.5. The summed E-state index contributed by atoms with van der Waals surface area (Å²) < 4.78 is 4.68. The van der Waals surface area contributed by atoms with Crippen LogP contribution in [-0.4, -0.2) is 18.1 Å². The summed E-state index contributed by atoms with van der Waals surface area (Å²) in [5, 5.41) is 3.77. The molecule has 4 nitrogen and oxygen atoms in total. The average molecular weight is 297 g/mol. The smallest absolute Gasteiger partial charge is 0.337 e. The van der Waals surface area contributed by atoms with E-state index < -0.39 is 0 Å². The highest BCUT2D eigenvalue weighted by Gasteiger charge is 2.09. The summed E-state index contributed by atoms with van der Waals surface area (Å²) in [6.07, 6.45) is 0. The molecule has 0 aliphatic carbocycles. The largest absolute Gasteiger partial charge is 0.465 e. The van der Waals surface area contributed by atoms with Gasteiger partial charge in [-0.15, -0.1) is 11.3 Å². The Balaban J connectivity index is 2.15. The molecule has 0 amide bonds. The molecule has 1 N–H and O–H groups in total. The fourth-order valence-corrected chi connectivity index (χ4v) is 2.48. The van der Waals surface area contributed by atoms with E-state index in [9.17, 15) is 4.79 Å². The van der Waals surface area contributed by atoms with Gasteiger partial charge in [0, 0.05) is 4.88 Å². The van der Waals surface area contributed by atoms with E-state index in [1.165, 1.54) is 7.11 Å². The summed E-state index contributed by atoms with van der Waals surface area (Å²) >= 11 is 7.68. The minimum absolute atomic E-state index is 0.381. The van der Waals surface area contributed by atoms with Gasteiger partial charge in [-0.1, -0.05) is 11.6 Å². The highest BCUT2D eigenvalue weighted by Crippen LogP contribution is 2.25. The molecule has 0 saturated carbocycles. The highest BCUT2D eigenvalue weighted by molar-refractivity contribution is 7.09. The van der Waals surface area contributed by atoms with Crippen molar-refractivity contribution < 1.29 is 9.53 Å². The maximum atomic E-state index is 11.5. The second kappa shape index (κ2) is 6.04. The fraction of sp³-hybridized carbons (Fsp3) is 0.231. The van der Waals surface area contributed by atoms with Crippen LogP contribution < -0.4 is 5.32 Å². The van der Waals surface area contributed by atoms with E-state index in [1.54, 1.807) is 35.0 Å². The molecular weight excluding hydrogens is 284 g/mol. The third kappa shape index (κ3) is 3.24. The number of nitrogens with zero attached hydrogens (tertiary/aromatic N) is 1. The molecule has 0 radical (unpaired) electrons. The van der Waals surface area contributed by atoms with E-state index in [4.69, 9.17) is 11.6 Å². The van der Waals surface area contributed by atoms with Gasteiger partial charge in [-0.2, -0.15) is 0 Å². The minimum atomic E-state index is -0.381. The predicted molar refractivity (Wildman–Crippen MR) is 77.0 cm³/mol. The van der Waals surface area contributed by atoms with Gasteiger partial charge in [-0.3, -0.25) is 0 Å². The van der Waals surface area contributed by atoms with E-state index >= 15 is 0 Å². The summed E-state index contributed by atoms with van der Waals surface area (Å²) in [6.45, 7) is 2.58. The Morgan fingerprint density at radius 1 is 1.53 bits per heavy atom. The topological polar surface area (TPSA) is 51.2 Å². The van der Waals surface area contributed by atoms with E-state index in [0.717, 1.165) is 10.6 Å². The maximum Gasteiger partial charge on any atom is 0.337 e. The number of methoxy groups -OCH3 is 1. The van der Waals surface area contributed by atoms with Gasteiger partial charge < -0.3 is 10.1 Å². The first-order valence-corrected chi connectivity index (χ1v) is 6.88. The Bertz CT molecular complexity index is 598. The number of rotatable bonds is 4. The number of aromatic nitrogens is 1. The van der Waals surface area contributed by atoms with Crippen LogP contribution in [0.2, 0.25) is 5.02 Å². The van der Waals surface area contributed by atoms with E-state index in [0.29, 0.717) is 22.8 Å². The lowest BCUT2D eigenvalue weighted by atomic mass is 10.2. The van der Waals surface area contributed by atoms with Gasteiger partial charge in [0.25, 0.3) is 0 Å².